The van der Waals surface area contributed by atoms with E-state index in [1.807, 2.05) is 6.92 Å². The second kappa shape index (κ2) is 6.98. The van der Waals surface area contributed by atoms with E-state index in [2.05, 4.69) is 5.32 Å². The summed E-state index contributed by atoms with van der Waals surface area (Å²) in [7, 11) is 0. The van der Waals surface area contributed by atoms with Crippen LogP contribution in [0.15, 0.2) is 18.2 Å². The third-order valence-electron chi connectivity index (χ3n) is 3.08. The third kappa shape index (κ3) is 4.60. The maximum absolute atomic E-state index is 13.0. The first-order valence-electron chi connectivity index (χ1n) is 6.30. The maximum atomic E-state index is 13.0. The number of amides is 1. The molecule has 0 heterocycles. The van der Waals surface area contributed by atoms with Crippen LogP contribution in [0.1, 0.15) is 25.8 Å². The number of halogens is 2. The molecular weight excluding hydrogens is 268 g/mol. The van der Waals surface area contributed by atoms with Crippen LogP contribution < -0.4 is 5.32 Å². The zero-order valence-electron chi connectivity index (χ0n) is 11.3. The molecule has 2 atom stereocenters. The SMILES string of the molecule is CC[C@@H](C)[C@@H](NC(=O)Cc1cc(F)cc(F)c1)C(=O)O. The van der Waals surface area contributed by atoms with Crippen LogP contribution in [0.4, 0.5) is 8.78 Å². The lowest BCUT2D eigenvalue weighted by molar-refractivity contribution is -0.143. The summed E-state index contributed by atoms with van der Waals surface area (Å²) < 4.78 is 26.0. The molecule has 0 aliphatic rings. The summed E-state index contributed by atoms with van der Waals surface area (Å²) >= 11 is 0. The van der Waals surface area contributed by atoms with Crippen molar-refractivity contribution < 1.29 is 23.5 Å². The summed E-state index contributed by atoms with van der Waals surface area (Å²) in [5.74, 6) is -3.49. The number of carboxylic acid groups (broad SMARTS) is 1. The van der Waals surface area contributed by atoms with Crippen molar-refractivity contribution in [3.63, 3.8) is 0 Å². The van der Waals surface area contributed by atoms with Crippen molar-refractivity contribution in [1.82, 2.24) is 5.32 Å². The van der Waals surface area contributed by atoms with E-state index in [0.717, 1.165) is 12.1 Å². The van der Waals surface area contributed by atoms with Crippen LogP contribution in [0.3, 0.4) is 0 Å². The lowest BCUT2D eigenvalue weighted by Crippen LogP contribution is -2.45. The molecule has 0 fully saturated rings. The van der Waals surface area contributed by atoms with E-state index in [4.69, 9.17) is 5.11 Å². The Morgan fingerprint density at radius 1 is 1.25 bits per heavy atom. The smallest absolute Gasteiger partial charge is 0.326 e. The number of carboxylic acids is 1. The Balaban J connectivity index is 2.73. The Hall–Kier alpha value is -1.98. The topological polar surface area (TPSA) is 66.4 Å². The standard InChI is InChI=1S/C14H17F2NO3/c1-3-8(2)13(14(19)20)17-12(18)6-9-4-10(15)7-11(16)5-9/h4-5,7-8,13H,3,6H2,1-2H3,(H,17,18)(H,19,20)/t8-,13-/m1/s1. The lowest BCUT2D eigenvalue weighted by Gasteiger charge is -2.20. The van der Waals surface area contributed by atoms with E-state index in [1.54, 1.807) is 6.92 Å². The molecule has 1 aromatic carbocycles. The summed E-state index contributed by atoms with van der Waals surface area (Å²) in [5.41, 5.74) is 0.160. The van der Waals surface area contributed by atoms with Crippen LogP contribution in [0.25, 0.3) is 0 Å². The van der Waals surface area contributed by atoms with E-state index in [-0.39, 0.29) is 17.9 Å². The summed E-state index contributed by atoms with van der Waals surface area (Å²) in [6.45, 7) is 3.52. The molecule has 20 heavy (non-hydrogen) atoms. The Morgan fingerprint density at radius 3 is 2.25 bits per heavy atom. The van der Waals surface area contributed by atoms with Crippen LogP contribution in [-0.4, -0.2) is 23.0 Å². The first kappa shape index (κ1) is 16.1. The molecule has 0 bridgehead atoms. The van der Waals surface area contributed by atoms with Gasteiger partial charge in [-0.25, -0.2) is 13.6 Å². The maximum Gasteiger partial charge on any atom is 0.326 e. The van der Waals surface area contributed by atoms with Gasteiger partial charge in [0.25, 0.3) is 0 Å². The summed E-state index contributed by atoms with van der Waals surface area (Å²) in [5, 5.41) is 11.4. The minimum atomic E-state index is -1.13. The summed E-state index contributed by atoms with van der Waals surface area (Å²) in [4.78, 5) is 22.8. The normalized spacial score (nSPS) is 13.6. The molecular formula is C14H17F2NO3. The Labute approximate surface area is 115 Å². The van der Waals surface area contributed by atoms with Crippen LogP contribution >= 0.6 is 0 Å². The van der Waals surface area contributed by atoms with Gasteiger partial charge in [0.2, 0.25) is 5.91 Å². The average Bonchev–Trinajstić information content (AvgIpc) is 2.33. The number of rotatable bonds is 6. The van der Waals surface area contributed by atoms with Crippen molar-refractivity contribution in [3.8, 4) is 0 Å². The van der Waals surface area contributed by atoms with Crippen molar-refractivity contribution >= 4 is 11.9 Å². The summed E-state index contributed by atoms with van der Waals surface area (Å²) in [6.07, 6.45) is 0.320. The molecule has 0 aromatic heterocycles. The first-order valence-corrected chi connectivity index (χ1v) is 6.30. The van der Waals surface area contributed by atoms with E-state index >= 15 is 0 Å². The molecule has 2 N–H and O–H groups in total. The molecule has 6 heteroatoms. The molecule has 110 valence electrons. The molecule has 0 saturated heterocycles. The van der Waals surface area contributed by atoms with Gasteiger partial charge in [-0.2, -0.15) is 0 Å². The molecule has 1 rings (SSSR count). The molecule has 4 nitrogen and oxygen atoms in total. The van der Waals surface area contributed by atoms with Crippen LogP contribution in [-0.2, 0) is 16.0 Å². The van der Waals surface area contributed by atoms with Gasteiger partial charge in [0.1, 0.15) is 17.7 Å². The number of benzene rings is 1. The molecule has 0 aliphatic heterocycles. The van der Waals surface area contributed by atoms with Crippen LogP contribution in [0, 0.1) is 17.6 Å². The fraction of sp³-hybridized carbons (Fsp3) is 0.429. The molecule has 1 amide bonds. The predicted molar refractivity (Wildman–Crippen MR) is 69.1 cm³/mol. The minimum absolute atomic E-state index is 0.160. The molecule has 0 aliphatic carbocycles. The predicted octanol–water partition coefficient (Wildman–Crippen LogP) is 2.12. The number of carbonyl (C=O) groups excluding carboxylic acids is 1. The lowest BCUT2D eigenvalue weighted by atomic mass is 9.99. The zero-order valence-corrected chi connectivity index (χ0v) is 11.3. The van der Waals surface area contributed by atoms with E-state index < -0.39 is 29.6 Å². The number of aliphatic carboxylic acids is 1. The Bertz CT molecular complexity index is 485. The zero-order chi connectivity index (χ0) is 15.3. The molecule has 0 radical (unpaired) electrons. The van der Waals surface area contributed by atoms with Gasteiger partial charge in [0.05, 0.1) is 6.42 Å². The van der Waals surface area contributed by atoms with E-state index in [0.29, 0.717) is 12.5 Å². The quantitative estimate of drug-likeness (QED) is 0.841. The van der Waals surface area contributed by atoms with Crippen molar-refractivity contribution in [2.45, 2.75) is 32.7 Å². The molecule has 0 spiro atoms. The Kier molecular flexibility index (Phi) is 5.61. The molecule has 1 aromatic rings. The highest BCUT2D eigenvalue weighted by molar-refractivity contribution is 5.85. The largest absolute Gasteiger partial charge is 0.480 e. The second-order valence-corrected chi connectivity index (χ2v) is 4.72. The summed E-state index contributed by atoms with van der Waals surface area (Å²) in [6, 6.07) is 1.79. The van der Waals surface area contributed by atoms with Crippen LogP contribution in [0.2, 0.25) is 0 Å². The highest BCUT2D eigenvalue weighted by atomic mass is 19.1. The highest BCUT2D eigenvalue weighted by Gasteiger charge is 2.25. The molecule has 0 unspecified atom stereocenters. The van der Waals surface area contributed by atoms with Crippen molar-refractivity contribution in [2.75, 3.05) is 0 Å². The van der Waals surface area contributed by atoms with Gasteiger partial charge in [-0.1, -0.05) is 20.3 Å². The fourth-order valence-electron chi connectivity index (χ4n) is 1.81. The van der Waals surface area contributed by atoms with Gasteiger partial charge < -0.3 is 10.4 Å². The monoisotopic (exact) mass is 285 g/mol. The average molecular weight is 285 g/mol. The van der Waals surface area contributed by atoms with Gasteiger partial charge in [-0.15, -0.1) is 0 Å². The number of hydrogen-bond donors (Lipinski definition) is 2. The van der Waals surface area contributed by atoms with E-state index in [9.17, 15) is 18.4 Å². The number of hydrogen-bond acceptors (Lipinski definition) is 2. The second-order valence-electron chi connectivity index (χ2n) is 4.72. The minimum Gasteiger partial charge on any atom is -0.480 e. The molecule has 0 saturated carbocycles. The van der Waals surface area contributed by atoms with Gasteiger partial charge in [0.15, 0.2) is 0 Å². The highest BCUT2D eigenvalue weighted by Crippen LogP contribution is 2.11. The van der Waals surface area contributed by atoms with Gasteiger partial charge >= 0.3 is 5.97 Å². The van der Waals surface area contributed by atoms with Crippen molar-refractivity contribution in [2.24, 2.45) is 5.92 Å². The Morgan fingerprint density at radius 2 is 1.80 bits per heavy atom. The fourth-order valence-corrected chi connectivity index (χ4v) is 1.81. The van der Waals surface area contributed by atoms with Gasteiger partial charge in [0, 0.05) is 6.07 Å². The number of nitrogens with one attached hydrogen (secondary N) is 1. The van der Waals surface area contributed by atoms with Gasteiger partial charge in [-0.3, -0.25) is 4.79 Å². The number of carbonyl (C=O) groups is 2. The van der Waals surface area contributed by atoms with Crippen LogP contribution in [0.5, 0.6) is 0 Å². The first-order chi connectivity index (χ1) is 9.33. The van der Waals surface area contributed by atoms with E-state index in [1.165, 1.54) is 0 Å². The van der Waals surface area contributed by atoms with Gasteiger partial charge in [-0.05, 0) is 23.6 Å². The third-order valence-corrected chi connectivity index (χ3v) is 3.08. The van der Waals surface area contributed by atoms with Crippen molar-refractivity contribution in [1.29, 1.82) is 0 Å². The van der Waals surface area contributed by atoms with Crippen molar-refractivity contribution in [3.05, 3.63) is 35.4 Å².